The summed E-state index contributed by atoms with van der Waals surface area (Å²) in [5, 5.41) is 7.50. The summed E-state index contributed by atoms with van der Waals surface area (Å²) in [6, 6.07) is 5.95. The molecule has 0 saturated carbocycles. The number of halogens is 1. The standard InChI is InChI=1S/C16H19ClN4O/c1-11-10-18-19-15(11)16(22)21-8-6-20(7-9-21)14-5-3-4-13(17)12(14)2/h3-5,10H,6-9H2,1-2H3,(H,18,19). The highest BCUT2D eigenvalue weighted by atomic mass is 35.5. The van der Waals surface area contributed by atoms with Crippen LogP contribution in [0.4, 0.5) is 5.69 Å². The Morgan fingerprint density at radius 3 is 2.59 bits per heavy atom. The van der Waals surface area contributed by atoms with E-state index in [1.54, 1.807) is 6.20 Å². The van der Waals surface area contributed by atoms with E-state index >= 15 is 0 Å². The molecule has 6 heteroatoms. The van der Waals surface area contributed by atoms with Crippen LogP contribution in [-0.4, -0.2) is 47.2 Å². The molecule has 0 spiro atoms. The number of amides is 1. The van der Waals surface area contributed by atoms with Crippen molar-refractivity contribution in [3.63, 3.8) is 0 Å². The summed E-state index contributed by atoms with van der Waals surface area (Å²) < 4.78 is 0. The lowest BCUT2D eigenvalue weighted by molar-refractivity contribution is 0.0740. The molecule has 1 amide bonds. The molecule has 1 fully saturated rings. The van der Waals surface area contributed by atoms with Crippen molar-refractivity contribution in [2.24, 2.45) is 0 Å². The summed E-state index contributed by atoms with van der Waals surface area (Å²) in [4.78, 5) is 16.6. The van der Waals surface area contributed by atoms with Gasteiger partial charge in [-0.05, 0) is 37.1 Å². The largest absolute Gasteiger partial charge is 0.368 e. The molecule has 0 bridgehead atoms. The zero-order valence-corrected chi connectivity index (χ0v) is 13.5. The maximum absolute atomic E-state index is 12.5. The average molecular weight is 319 g/mol. The molecule has 0 atom stereocenters. The van der Waals surface area contributed by atoms with E-state index in [2.05, 4.69) is 21.2 Å². The minimum atomic E-state index is 0.0254. The Labute approximate surface area is 134 Å². The van der Waals surface area contributed by atoms with Gasteiger partial charge in [0.05, 0.1) is 6.20 Å². The molecular weight excluding hydrogens is 300 g/mol. The molecule has 2 aromatic rings. The van der Waals surface area contributed by atoms with Gasteiger partial charge in [-0.25, -0.2) is 0 Å². The Kier molecular flexibility index (Phi) is 4.07. The predicted octanol–water partition coefficient (Wildman–Crippen LogP) is 2.64. The number of aryl methyl sites for hydroxylation is 1. The highest BCUT2D eigenvalue weighted by Gasteiger charge is 2.25. The van der Waals surface area contributed by atoms with Crippen LogP contribution in [0.5, 0.6) is 0 Å². The van der Waals surface area contributed by atoms with Crippen LogP contribution >= 0.6 is 11.6 Å². The second kappa shape index (κ2) is 6.01. The monoisotopic (exact) mass is 318 g/mol. The van der Waals surface area contributed by atoms with Crippen LogP contribution in [0.15, 0.2) is 24.4 Å². The molecule has 2 heterocycles. The molecule has 1 aliphatic rings. The molecule has 0 aliphatic carbocycles. The van der Waals surface area contributed by atoms with Crippen molar-refractivity contribution in [3.8, 4) is 0 Å². The maximum Gasteiger partial charge on any atom is 0.272 e. The Hall–Kier alpha value is -2.01. The van der Waals surface area contributed by atoms with E-state index in [0.29, 0.717) is 18.8 Å². The number of carbonyl (C=O) groups excluding carboxylic acids is 1. The quantitative estimate of drug-likeness (QED) is 0.926. The predicted molar refractivity (Wildman–Crippen MR) is 87.6 cm³/mol. The fourth-order valence-corrected chi connectivity index (χ4v) is 2.98. The van der Waals surface area contributed by atoms with Crippen molar-refractivity contribution in [1.82, 2.24) is 15.1 Å². The number of anilines is 1. The molecule has 22 heavy (non-hydrogen) atoms. The van der Waals surface area contributed by atoms with Crippen LogP contribution in [0, 0.1) is 13.8 Å². The number of nitrogens with one attached hydrogen (secondary N) is 1. The van der Waals surface area contributed by atoms with E-state index in [0.717, 1.165) is 34.9 Å². The second-order valence-corrected chi connectivity index (χ2v) is 6.00. The van der Waals surface area contributed by atoms with Gasteiger partial charge in [0.15, 0.2) is 0 Å². The van der Waals surface area contributed by atoms with Crippen molar-refractivity contribution in [3.05, 3.63) is 46.2 Å². The fourth-order valence-electron chi connectivity index (χ4n) is 2.81. The highest BCUT2D eigenvalue weighted by molar-refractivity contribution is 6.31. The van der Waals surface area contributed by atoms with Crippen molar-refractivity contribution < 1.29 is 4.79 Å². The van der Waals surface area contributed by atoms with Gasteiger partial charge in [0, 0.05) is 36.9 Å². The minimum Gasteiger partial charge on any atom is -0.368 e. The molecule has 1 saturated heterocycles. The van der Waals surface area contributed by atoms with Crippen molar-refractivity contribution in [1.29, 1.82) is 0 Å². The number of aromatic nitrogens is 2. The maximum atomic E-state index is 12.5. The molecule has 1 aliphatic heterocycles. The molecule has 5 nitrogen and oxygen atoms in total. The van der Waals surface area contributed by atoms with Gasteiger partial charge in [0.2, 0.25) is 0 Å². The first-order chi connectivity index (χ1) is 10.6. The Morgan fingerprint density at radius 2 is 1.95 bits per heavy atom. The zero-order valence-electron chi connectivity index (χ0n) is 12.8. The van der Waals surface area contributed by atoms with Crippen LogP contribution < -0.4 is 4.90 Å². The van der Waals surface area contributed by atoms with Crippen molar-refractivity contribution in [2.45, 2.75) is 13.8 Å². The van der Waals surface area contributed by atoms with E-state index in [9.17, 15) is 4.79 Å². The Balaban J connectivity index is 1.69. The number of piperazine rings is 1. The summed E-state index contributed by atoms with van der Waals surface area (Å²) >= 11 is 6.19. The van der Waals surface area contributed by atoms with E-state index in [-0.39, 0.29) is 5.91 Å². The molecule has 0 radical (unpaired) electrons. The van der Waals surface area contributed by atoms with Gasteiger partial charge in [-0.3, -0.25) is 9.89 Å². The van der Waals surface area contributed by atoms with Gasteiger partial charge < -0.3 is 9.80 Å². The summed E-state index contributed by atoms with van der Waals surface area (Å²) in [5.74, 6) is 0.0254. The molecule has 3 rings (SSSR count). The van der Waals surface area contributed by atoms with Crippen LogP contribution in [0.1, 0.15) is 21.6 Å². The van der Waals surface area contributed by atoms with Crippen LogP contribution in [-0.2, 0) is 0 Å². The van der Waals surface area contributed by atoms with E-state index in [4.69, 9.17) is 11.6 Å². The average Bonchev–Trinajstić information content (AvgIpc) is 2.96. The number of benzene rings is 1. The molecule has 1 aromatic heterocycles. The fraction of sp³-hybridized carbons (Fsp3) is 0.375. The lowest BCUT2D eigenvalue weighted by Gasteiger charge is -2.36. The van der Waals surface area contributed by atoms with Crippen LogP contribution in [0.25, 0.3) is 0 Å². The van der Waals surface area contributed by atoms with Crippen molar-refractivity contribution in [2.75, 3.05) is 31.1 Å². The number of aromatic amines is 1. The van der Waals surface area contributed by atoms with Gasteiger partial charge in [-0.15, -0.1) is 0 Å². The molecule has 1 aromatic carbocycles. The normalized spacial score (nSPS) is 15.2. The first kappa shape index (κ1) is 14.9. The minimum absolute atomic E-state index is 0.0254. The summed E-state index contributed by atoms with van der Waals surface area (Å²) in [6.45, 7) is 6.93. The third-order valence-electron chi connectivity index (χ3n) is 4.19. The highest BCUT2D eigenvalue weighted by Crippen LogP contribution is 2.27. The third-order valence-corrected chi connectivity index (χ3v) is 4.60. The van der Waals surface area contributed by atoms with Gasteiger partial charge in [0.25, 0.3) is 5.91 Å². The van der Waals surface area contributed by atoms with Gasteiger partial charge in [-0.2, -0.15) is 5.10 Å². The molecule has 0 unspecified atom stereocenters. The topological polar surface area (TPSA) is 52.2 Å². The second-order valence-electron chi connectivity index (χ2n) is 5.59. The van der Waals surface area contributed by atoms with E-state index in [1.165, 1.54) is 0 Å². The van der Waals surface area contributed by atoms with E-state index in [1.807, 2.05) is 30.9 Å². The Bertz CT molecular complexity index is 689. The smallest absolute Gasteiger partial charge is 0.272 e. The Morgan fingerprint density at radius 1 is 1.23 bits per heavy atom. The number of nitrogens with zero attached hydrogens (tertiary/aromatic N) is 3. The number of hydrogen-bond donors (Lipinski definition) is 1. The van der Waals surface area contributed by atoms with Crippen LogP contribution in [0.2, 0.25) is 5.02 Å². The molecular formula is C16H19ClN4O. The zero-order chi connectivity index (χ0) is 15.7. The molecule has 116 valence electrons. The number of rotatable bonds is 2. The number of H-pyrrole nitrogens is 1. The van der Waals surface area contributed by atoms with Gasteiger partial charge in [-0.1, -0.05) is 17.7 Å². The van der Waals surface area contributed by atoms with Gasteiger partial charge >= 0.3 is 0 Å². The van der Waals surface area contributed by atoms with E-state index < -0.39 is 0 Å². The van der Waals surface area contributed by atoms with Crippen molar-refractivity contribution >= 4 is 23.2 Å². The van der Waals surface area contributed by atoms with Gasteiger partial charge in [0.1, 0.15) is 5.69 Å². The summed E-state index contributed by atoms with van der Waals surface area (Å²) in [7, 11) is 0. The number of carbonyl (C=O) groups is 1. The lowest BCUT2D eigenvalue weighted by Crippen LogP contribution is -2.49. The lowest BCUT2D eigenvalue weighted by atomic mass is 10.1. The summed E-state index contributed by atoms with van der Waals surface area (Å²) in [5.41, 5.74) is 3.72. The third kappa shape index (κ3) is 2.68. The first-order valence-corrected chi connectivity index (χ1v) is 7.75. The summed E-state index contributed by atoms with van der Waals surface area (Å²) in [6.07, 6.45) is 1.68. The van der Waals surface area contributed by atoms with Crippen LogP contribution in [0.3, 0.4) is 0 Å². The SMILES string of the molecule is Cc1cn[nH]c1C(=O)N1CCN(c2cccc(Cl)c2C)CC1. The first-order valence-electron chi connectivity index (χ1n) is 7.37. The number of hydrogen-bond acceptors (Lipinski definition) is 3. The molecule has 1 N–H and O–H groups in total.